The first kappa shape index (κ1) is 14.5. The maximum atomic E-state index is 12.2. The van der Waals surface area contributed by atoms with Gasteiger partial charge in [0.05, 0.1) is 0 Å². The van der Waals surface area contributed by atoms with Gasteiger partial charge in [-0.3, -0.25) is 4.79 Å². The average Bonchev–Trinajstić information content (AvgIpc) is 3.07. The fraction of sp³-hybridized carbons (Fsp3) is 0.353. The van der Waals surface area contributed by atoms with E-state index in [4.69, 9.17) is 0 Å². The molecular weight excluding hydrogens is 276 g/mol. The van der Waals surface area contributed by atoms with Crippen LogP contribution in [0.15, 0.2) is 42.6 Å². The molecule has 0 radical (unpaired) electrons. The molecule has 1 saturated carbocycles. The summed E-state index contributed by atoms with van der Waals surface area (Å²) in [5.74, 6) is 0.361. The Bertz CT molecular complexity index is 624. The van der Waals surface area contributed by atoms with Crippen LogP contribution in [-0.4, -0.2) is 21.9 Å². The van der Waals surface area contributed by atoms with E-state index in [1.165, 1.54) is 12.8 Å². The number of anilines is 1. The van der Waals surface area contributed by atoms with Gasteiger partial charge in [0.25, 0.3) is 5.91 Å². The topological polar surface area (TPSA) is 66.9 Å². The molecule has 114 valence electrons. The summed E-state index contributed by atoms with van der Waals surface area (Å²) in [5.41, 5.74) is 1.56. The lowest BCUT2D eigenvalue weighted by Crippen LogP contribution is -2.33. The second-order valence-electron chi connectivity index (χ2n) is 5.56. The summed E-state index contributed by atoms with van der Waals surface area (Å²) in [6, 6.07) is 12.0. The van der Waals surface area contributed by atoms with Gasteiger partial charge < -0.3 is 10.6 Å². The first-order valence-corrected chi connectivity index (χ1v) is 7.73. The molecule has 3 rings (SSSR count). The molecule has 0 spiro atoms. The summed E-state index contributed by atoms with van der Waals surface area (Å²) in [4.78, 5) is 20.7. The van der Waals surface area contributed by atoms with Gasteiger partial charge in [0.2, 0.25) is 5.95 Å². The number of hydrogen-bond acceptors (Lipinski definition) is 4. The Morgan fingerprint density at radius 2 is 1.91 bits per heavy atom. The highest BCUT2D eigenvalue weighted by atomic mass is 16.1. The molecule has 1 fully saturated rings. The third-order valence-electron chi connectivity index (χ3n) is 3.87. The number of hydrogen-bond donors (Lipinski definition) is 2. The lowest BCUT2D eigenvalue weighted by atomic mass is 10.2. The smallest absolute Gasteiger partial charge is 0.270 e. The number of amides is 1. The first-order chi connectivity index (χ1) is 10.8. The van der Waals surface area contributed by atoms with Gasteiger partial charge in [0, 0.05) is 18.8 Å². The number of carbonyl (C=O) groups is 1. The van der Waals surface area contributed by atoms with Crippen molar-refractivity contribution in [2.75, 3.05) is 5.32 Å². The van der Waals surface area contributed by atoms with Crippen molar-refractivity contribution in [2.24, 2.45) is 0 Å². The highest BCUT2D eigenvalue weighted by Crippen LogP contribution is 2.18. The van der Waals surface area contributed by atoms with E-state index in [0.29, 0.717) is 24.2 Å². The molecule has 2 N–H and O–H groups in total. The van der Waals surface area contributed by atoms with Gasteiger partial charge in [0.15, 0.2) is 0 Å². The normalized spacial score (nSPS) is 14.7. The van der Waals surface area contributed by atoms with Gasteiger partial charge in [-0.2, -0.15) is 0 Å². The summed E-state index contributed by atoms with van der Waals surface area (Å²) in [7, 11) is 0. The number of benzene rings is 1. The molecule has 0 atom stereocenters. The lowest BCUT2D eigenvalue weighted by molar-refractivity contribution is 0.0933. The molecule has 1 aromatic heterocycles. The third kappa shape index (κ3) is 3.81. The van der Waals surface area contributed by atoms with E-state index >= 15 is 0 Å². The minimum atomic E-state index is -0.114. The van der Waals surface area contributed by atoms with Gasteiger partial charge in [-0.05, 0) is 24.5 Å². The van der Waals surface area contributed by atoms with Crippen molar-refractivity contribution >= 4 is 11.9 Å². The fourth-order valence-electron chi connectivity index (χ4n) is 2.68. The monoisotopic (exact) mass is 296 g/mol. The van der Waals surface area contributed by atoms with Crippen LogP contribution in [0.1, 0.15) is 41.7 Å². The van der Waals surface area contributed by atoms with Crippen LogP contribution >= 0.6 is 0 Å². The molecule has 0 aliphatic heterocycles. The van der Waals surface area contributed by atoms with E-state index in [9.17, 15) is 4.79 Å². The van der Waals surface area contributed by atoms with Crippen molar-refractivity contribution < 1.29 is 4.79 Å². The minimum Gasteiger partial charge on any atom is -0.350 e. The summed E-state index contributed by atoms with van der Waals surface area (Å²) in [5, 5.41) is 6.19. The summed E-state index contributed by atoms with van der Waals surface area (Å²) in [6.45, 7) is 0.633. The molecule has 22 heavy (non-hydrogen) atoms. The van der Waals surface area contributed by atoms with Crippen LogP contribution in [0, 0.1) is 0 Å². The molecule has 1 heterocycles. The number of carbonyl (C=O) groups excluding carboxylic acids is 1. The number of rotatable bonds is 5. The van der Waals surface area contributed by atoms with Crippen molar-refractivity contribution in [2.45, 2.75) is 38.3 Å². The predicted octanol–water partition coefficient (Wildman–Crippen LogP) is 2.76. The van der Waals surface area contributed by atoms with Crippen LogP contribution < -0.4 is 10.6 Å². The van der Waals surface area contributed by atoms with Crippen molar-refractivity contribution in [3.05, 3.63) is 53.9 Å². The molecular formula is C17H20N4O. The molecule has 1 aliphatic rings. The standard InChI is InChI=1S/C17H20N4O/c22-16(20-14-8-4-5-9-14)15-10-11-18-17(21-15)19-12-13-6-2-1-3-7-13/h1-3,6-7,10-11,14H,4-5,8-9,12H2,(H,20,22)(H,18,19,21). The molecule has 0 bridgehead atoms. The lowest BCUT2D eigenvalue weighted by Gasteiger charge is -2.12. The zero-order valence-electron chi connectivity index (χ0n) is 12.5. The van der Waals surface area contributed by atoms with E-state index in [1.807, 2.05) is 30.3 Å². The van der Waals surface area contributed by atoms with Crippen molar-refractivity contribution in [3.8, 4) is 0 Å². The van der Waals surface area contributed by atoms with E-state index < -0.39 is 0 Å². The van der Waals surface area contributed by atoms with E-state index in [0.717, 1.165) is 18.4 Å². The molecule has 1 aromatic carbocycles. The summed E-state index contributed by atoms with van der Waals surface area (Å²) in [6.07, 6.45) is 6.13. The Balaban J connectivity index is 1.60. The maximum Gasteiger partial charge on any atom is 0.270 e. The average molecular weight is 296 g/mol. The molecule has 2 aromatic rings. The molecule has 0 unspecified atom stereocenters. The van der Waals surface area contributed by atoms with Gasteiger partial charge in [-0.25, -0.2) is 9.97 Å². The largest absolute Gasteiger partial charge is 0.350 e. The predicted molar refractivity (Wildman–Crippen MR) is 85.5 cm³/mol. The Labute approximate surface area is 130 Å². The zero-order valence-corrected chi connectivity index (χ0v) is 12.5. The molecule has 1 amide bonds. The number of aromatic nitrogens is 2. The molecule has 5 heteroatoms. The highest BCUT2D eigenvalue weighted by molar-refractivity contribution is 5.92. The Kier molecular flexibility index (Phi) is 4.63. The van der Waals surface area contributed by atoms with Crippen LogP contribution in [0.3, 0.4) is 0 Å². The first-order valence-electron chi connectivity index (χ1n) is 7.73. The maximum absolute atomic E-state index is 12.2. The zero-order chi connectivity index (χ0) is 15.2. The Hall–Kier alpha value is -2.43. The van der Waals surface area contributed by atoms with Crippen LogP contribution in [-0.2, 0) is 6.54 Å². The quantitative estimate of drug-likeness (QED) is 0.890. The van der Waals surface area contributed by atoms with Crippen LogP contribution in [0.25, 0.3) is 0 Å². The van der Waals surface area contributed by atoms with E-state index in [2.05, 4.69) is 20.6 Å². The van der Waals surface area contributed by atoms with Crippen molar-refractivity contribution in [1.29, 1.82) is 0 Å². The van der Waals surface area contributed by atoms with Gasteiger partial charge in [-0.15, -0.1) is 0 Å². The molecule has 0 saturated heterocycles. The number of nitrogens with one attached hydrogen (secondary N) is 2. The van der Waals surface area contributed by atoms with Crippen LogP contribution in [0.2, 0.25) is 0 Å². The van der Waals surface area contributed by atoms with Gasteiger partial charge in [-0.1, -0.05) is 43.2 Å². The SMILES string of the molecule is O=C(NC1CCCC1)c1ccnc(NCc2ccccc2)n1. The number of nitrogens with zero attached hydrogens (tertiary/aromatic N) is 2. The highest BCUT2D eigenvalue weighted by Gasteiger charge is 2.18. The molecule has 5 nitrogen and oxygen atoms in total. The van der Waals surface area contributed by atoms with E-state index in [1.54, 1.807) is 12.3 Å². The summed E-state index contributed by atoms with van der Waals surface area (Å²) >= 11 is 0. The molecule has 1 aliphatic carbocycles. The van der Waals surface area contributed by atoms with Crippen LogP contribution in [0.5, 0.6) is 0 Å². The van der Waals surface area contributed by atoms with Gasteiger partial charge >= 0.3 is 0 Å². The second kappa shape index (κ2) is 7.02. The van der Waals surface area contributed by atoms with Crippen LogP contribution in [0.4, 0.5) is 5.95 Å². The third-order valence-corrected chi connectivity index (χ3v) is 3.87. The Morgan fingerprint density at radius 3 is 2.68 bits per heavy atom. The minimum absolute atomic E-state index is 0.114. The van der Waals surface area contributed by atoms with Crippen molar-refractivity contribution in [3.63, 3.8) is 0 Å². The Morgan fingerprint density at radius 1 is 1.14 bits per heavy atom. The van der Waals surface area contributed by atoms with E-state index in [-0.39, 0.29) is 5.91 Å². The second-order valence-corrected chi connectivity index (χ2v) is 5.56. The summed E-state index contributed by atoms with van der Waals surface area (Å²) < 4.78 is 0. The van der Waals surface area contributed by atoms with Crippen molar-refractivity contribution in [1.82, 2.24) is 15.3 Å². The van der Waals surface area contributed by atoms with Gasteiger partial charge in [0.1, 0.15) is 5.69 Å². The fourth-order valence-corrected chi connectivity index (χ4v) is 2.68.